The minimum absolute atomic E-state index is 0.760. The quantitative estimate of drug-likeness (QED) is 0.402. The van der Waals surface area contributed by atoms with Crippen molar-refractivity contribution in [2.45, 2.75) is 77.6 Å². The standard InChI is InChI=1S/C13H26O.3CH5N/c1-2-3-4-5-6-7-8-9-10-11-12-13-14;3*1-2/h13H,2-12H2,1H3;3*2H2,1H3. The Balaban J connectivity index is -0.000000187. The third-order valence-corrected chi connectivity index (χ3v) is 2.68. The van der Waals surface area contributed by atoms with Gasteiger partial charge < -0.3 is 22.0 Å². The van der Waals surface area contributed by atoms with Crippen molar-refractivity contribution in [3.8, 4) is 0 Å². The van der Waals surface area contributed by atoms with Crippen LogP contribution in [-0.4, -0.2) is 27.4 Å². The minimum Gasteiger partial charge on any atom is -0.333 e. The molecule has 0 aromatic carbocycles. The number of nitrogens with two attached hydrogens (primary N) is 3. The highest BCUT2D eigenvalue weighted by Crippen LogP contribution is 2.10. The molecular weight excluding hydrogens is 250 g/mol. The zero-order valence-electron chi connectivity index (χ0n) is 14.5. The number of hydrogen-bond acceptors (Lipinski definition) is 4. The number of carbonyl (C=O) groups is 1. The van der Waals surface area contributed by atoms with Crippen LogP contribution in [0.3, 0.4) is 0 Å². The van der Waals surface area contributed by atoms with Gasteiger partial charge in [0.05, 0.1) is 0 Å². The van der Waals surface area contributed by atoms with E-state index in [9.17, 15) is 4.79 Å². The summed E-state index contributed by atoms with van der Waals surface area (Å²) in [5, 5.41) is 0. The molecule has 0 aliphatic carbocycles. The largest absolute Gasteiger partial charge is 0.333 e. The smallest absolute Gasteiger partial charge is 0.119 e. The Bertz CT molecular complexity index is 122. The highest BCUT2D eigenvalue weighted by atomic mass is 16.1. The molecule has 0 saturated carbocycles. The van der Waals surface area contributed by atoms with Gasteiger partial charge in [0.2, 0.25) is 0 Å². The first-order valence-corrected chi connectivity index (χ1v) is 8.08. The van der Waals surface area contributed by atoms with Gasteiger partial charge in [-0.3, -0.25) is 0 Å². The summed E-state index contributed by atoms with van der Waals surface area (Å²) in [7, 11) is 4.50. The summed E-state index contributed by atoms with van der Waals surface area (Å²) < 4.78 is 0. The molecule has 0 rings (SSSR count). The predicted molar refractivity (Wildman–Crippen MR) is 92.9 cm³/mol. The lowest BCUT2D eigenvalue weighted by molar-refractivity contribution is -0.107. The number of aldehydes is 1. The normalized spacial score (nSPS) is 8.15. The van der Waals surface area contributed by atoms with E-state index >= 15 is 0 Å². The molecule has 20 heavy (non-hydrogen) atoms. The molecule has 4 heteroatoms. The van der Waals surface area contributed by atoms with Gasteiger partial charge in [-0.2, -0.15) is 0 Å². The second-order valence-electron chi connectivity index (χ2n) is 4.14. The van der Waals surface area contributed by atoms with E-state index in [1.54, 1.807) is 0 Å². The van der Waals surface area contributed by atoms with Crippen LogP contribution in [0.4, 0.5) is 0 Å². The second-order valence-corrected chi connectivity index (χ2v) is 4.14. The summed E-state index contributed by atoms with van der Waals surface area (Å²) in [5.74, 6) is 0. The Morgan fingerprint density at radius 1 is 0.600 bits per heavy atom. The van der Waals surface area contributed by atoms with E-state index < -0.39 is 0 Å². The molecule has 0 aromatic rings. The summed E-state index contributed by atoms with van der Waals surface area (Å²) in [4.78, 5) is 10.0. The van der Waals surface area contributed by atoms with Gasteiger partial charge in [0.15, 0.2) is 0 Å². The van der Waals surface area contributed by atoms with E-state index in [2.05, 4.69) is 24.1 Å². The predicted octanol–water partition coefficient (Wildman–Crippen LogP) is 3.22. The van der Waals surface area contributed by atoms with Crippen molar-refractivity contribution in [2.75, 3.05) is 21.1 Å². The first-order chi connectivity index (χ1) is 9.91. The molecule has 0 aliphatic heterocycles. The summed E-state index contributed by atoms with van der Waals surface area (Å²) in [6.45, 7) is 2.26. The van der Waals surface area contributed by atoms with E-state index in [1.807, 2.05) is 0 Å². The fourth-order valence-corrected chi connectivity index (χ4v) is 1.72. The molecule has 0 heterocycles. The van der Waals surface area contributed by atoms with Crippen LogP contribution in [0.1, 0.15) is 77.6 Å². The lowest BCUT2D eigenvalue weighted by Gasteiger charge is -2.00. The Morgan fingerprint density at radius 3 is 1.20 bits per heavy atom. The van der Waals surface area contributed by atoms with Crippen molar-refractivity contribution in [3.05, 3.63) is 0 Å². The molecule has 0 aromatic heterocycles. The van der Waals surface area contributed by atoms with E-state index in [1.165, 1.54) is 78.9 Å². The van der Waals surface area contributed by atoms with Crippen molar-refractivity contribution in [3.63, 3.8) is 0 Å². The average molecular weight is 292 g/mol. The number of rotatable bonds is 11. The zero-order chi connectivity index (χ0) is 16.5. The van der Waals surface area contributed by atoms with Crippen LogP contribution in [0.2, 0.25) is 0 Å². The van der Waals surface area contributed by atoms with Crippen molar-refractivity contribution in [2.24, 2.45) is 17.2 Å². The van der Waals surface area contributed by atoms with Crippen LogP contribution in [0.5, 0.6) is 0 Å². The summed E-state index contributed by atoms with van der Waals surface area (Å²) in [6.07, 6.45) is 15.2. The zero-order valence-corrected chi connectivity index (χ0v) is 14.5. The highest BCUT2D eigenvalue weighted by molar-refractivity contribution is 5.48. The minimum atomic E-state index is 0.760. The molecule has 0 amide bonds. The van der Waals surface area contributed by atoms with Gasteiger partial charge in [-0.15, -0.1) is 0 Å². The fraction of sp³-hybridized carbons (Fsp3) is 0.938. The topological polar surface area (TPSA) is 95.1 Å². The lowest BCUT2D eigenvalue weighted by atomic mass is 10.1. The number of carbonyl (C=O) groups excluding carboxylic acids is 1. The number of hydrogen-bond donors (Lipinski definition) is 3. The fourth-order valence-electron chi connectivity index (χ4n) is 1.72. The van der Waals surface area contributed by atoms with Crippen molar-refractivity contribution < 1.29 is 4.79 Å². The van der Waals surface area contributed by atoms with Crippen LogP contribution in [0, 0.1) is 0 Å². The molecule has 0 aliphatic rings. The van der Waals surface area contributed by atoms with Gasteiger partial charge >= 0.3 is 0 Å². The van der Waals surface area contributed by atoms with Crippen molar-refractivity contribution >= 4 is 6.29 Å². The van der Waals surface area contributed by atoms with Gasteiger partial charge in [-0.1, -0.05) is 64.7 Å². The third-order valence-electron chi connectivity index (χ3n) is 2.68. The van der Waals surface area contributed by atoms with E-state index in [0.717, 1.165) is 19.1 Å². The molecule has 0 radical (unpaired) electrons. The molecule has 126 valence electrons. The lowest BCUT2D eigenvalue weighted by Crippen LogP contribution is -1.82. The van der Waals surface area contributed by atoms with Gasteiger partial charge in [0.25, 0.3) is 0 Å². The third kappa shape index (κ3) is 43.2. The maximum atomic E-state index is 10.0. The molecule has 0 bridgehead atoms. The van der Waals surface area contributed by atoms with Crippen molar-refractivity contribution in [1.82, 2.24) is 0 Å². The van der Waals surface area contributed by atoms with Crippen LogP contribution in [0.15, 0.2) is 0 Å². The SMILES string of the molecule is CCCCCCCCCCCCC=O.CN.CN.CN. The first kappa shape index (κ1) is 27.8. The molecule has 4 nitrogen and oxygen atoms in total. The Labute approximate surface area is 127 Å². The Hall–Kier alpha value is -0.450. The summed E-state index contributed by atoms with van der Waals surface area (Å²) in [5.41, 5.74) is 13.5. The molecular formula is C16H41N3O. The average Bonchev–Trinajstić information content (AvgIpc) is 2.55. The molecule has 0 saturated heterocycles. The van der Waals surface area contributed by atoms with Crippen LogP contribution in [0.25, 0.3) is 0 Å². The van der Waals surface area contributed by atoms with Crippen LogP contribution >= 0.6 is 0 Å². The van der Waals surface area contributed by atoms with Crippen LogP contribution < -0.4 is 17.2 Å². The monoisotopic (exact) mass is 291 g/mol. The van der Waals surface area contributed by atoms with Crippen LogP contribution in [-0.2, 0) is 4.79 Å². The molecule has 0 spiro atoms. The van der Waals surface area contributed by atoms with Gasteiger partial charge in [-0.25, -0.2) is 0 Å². The maximum Gasteiger partial charge on any atom is 0.119 e. The van der Waals surface area contributed by atoms with Crippen molar-refractivity contribution in [1.29, 1.82) is 0 Å². The molecule has 0 unspecified atom stereocenters. The molecule has 0 fully saturated rings. The molecule has 0 atom stereocenters. The molecule has 6 N–H and O–H groups in total. The second kappa shape index (κ2) is 42.8. The summed E-state index contributed by atoms with van der Waals surface area (Å²) >= 11 is 0. The van der Waals surface area contributed by atoms with Gasteiger partial charge in [0, 0.05) is 6.42 Å². The van der Waals surface area contributed by atoms with Gasteiger partial charge in [0.1, 0.15) is 6.29 Å². The van der Waals surface area contributed by atoms with E-state index in [0.29, 0.717) is 0 Å². The maximum absolute atomic E-state index is 10.0. The number of unbranched alkanes of at least 4 members (excludes halogenated alkanes) is 10. The van der Waals surface area contributed by atoms with E-state index in [-0.39, 0.29) is 0 Å². The highest BCUT2D eigenvalue weighted by Gasteiger charge is 1.91. The first-order valence-electron chi connectivity index (χ1n) is 8.08. The summed E-state index contributed by atoms with van der Waals surface area (Å²) in [6, 6.07) is 0. The Morgan fingerprint density at radius 2 is 0.900 bits per heavy atom. The van der Waals surface area contributed by atoms with Gasteiger partial charge in [-0.05, 0) is 27.6 Å². The van der Waals surface area contributed by atoms with E-state index in [4.69, 9.17) is 0 Å². The Kier molecular flexibility index (Phi) is 59.6.